The Morgan fingerprint density at radius 2 is 1.71 bits per heavy atom. The van der Waals surface area contributed by atoms with Crippen LogP contribution in [-0.4, -0.2) is 13.2 Å². The Morgan fingerprint density at radius 3 is 2.29 bits per heavy atom. The molecule has 120 valence electrons. The minimum Gasteiger partial charge on any atom is -0.494 e. The third-order valence-corrected chi connectivity index (χ3v) is 3.59. The van der Waals surface area contributed by atoms with Gasteiger partial charge in [0, 0.05) is 12.6 Å². The van der Waals surface area contributed by atoms with Crippen molar-refractivity contribution < 1.29 is 4.74 Å². The fourth-order valence-corrected chi connectivity index (χ4v) is 2.15. The molecular formula is C19H33NO. The molecule has 0 amide bonds. The molecule has 1 aromatic rings. The number of hydrogen-bond donors (Lipinski definition) is 1. The largest absolute Gasteiger partial charge is 0.494 e. The minimum atomic E-state index is 0.315. The van der Waals surface area contributed by atoms with Crippen LogP contribution in [0.25, 0.3) is 0 Å². The van der Waals surface area contributed by atoms with Gasteiger partial charge in [0.2, 0.25) is 0 Å². The molecule has 1 unspecified atom stereocenters. The van der Waals surface area contributed by atoms with E-state index in [9.17, 15) is 0 Å². The summed E-state index contributed by atoms with van der Waals surface area (Å²) in [7, 11) is 0. The summed E-state index contributed by atoms with van der Waals surface area (Å²) in [4.78, 5) is 0. The summed E-state index contributed by atoms with van der Waals surface area (Å²) in [6.45, 7) is 13.1. The molecule has 0 aliphatic heterocycles. The first-order chi connectivity index (χ1) is 9.92. The number of hydrogen-bond acceptors (Lipinski definition) is 2. The van der Waals surface area contributed by atoms with Crippen molar-refractivity contribution in [2.24, 2.45) is 5.41 Å². The molecule has 0 aliphatic carbocycles. The zero-order valence-electron chi connectivity index (χ0n) is 14.5. The summed E-state index contributed by atoms with van der Waals surface area (Å²) in [5.74, 6) is 0.985. The fourth-order valence-electron chi connectivity index (χ4n) is 2.15. The van der Waals surface area contributed by atoms with Gasteiger partial charge < -0.3 is 10.1 Å². The lowest BCUT2D eigenvalue weighted by atomic mass is 9.96. The van der Waals surface area contributed by atoms with Crippen LogP contribution in [0.15, 0.2) is 24.3 Å². The van der Waals surface area contributed by atoms with Crippen molar-refractivity contribution in [3.8, 4) is 5.75 Å². The normalized spacial score (nSPS) is 13.2. The smallest absolute Gasteiger partial charge is 0.119 e. The predicted molar refractivity (Wildman–Crippen MR) is 92.0 cm³/mol. The van der Waals surface area contributed by atoms with Crippen LogP contribution in [-0.2, 0) is 0 Å². The zero-order valence-corrected chi connectivity index (χ0v) is 14.5. The molecule has 2 nitrogen and oxygen atoms in total. The number of unbranched alkanes of at least 4 members (excludes halogenated alkanes) is 3. The van der Waals surface area contributed by atoms with Crippen LogP contribution in [0.2, 0.25) is 0 Å². The summed E-state index contributed by atoms with van der Waals surface area (Å²) in [6.07, 6.45) is 4.99. The molecule has 0 fully saturated rings. The van der Waals surface area contributed by atoms with Crippen molar-refractivity contribution in [2.45, 2.75) is 66.3 Å². The predicted octanol–water partition coefficient (Wildman–Crippen LogP) is 5.34. The number of rotatable bonds is 9. The molecule has 1 atom stereocenters. The van der Waals surface area contributed by atoms with Crippen LogP contribution >= 0.6 is 0 Å². The Morgan fingerprint density at radius 1 is 1.05 bits per heavy atom. The maximum absolute atomic E-state index is 5.78. The molecule has 0 aromatic heterocycles. The Balaban J connectivity index is 2.35. The molecule has 0 radical (unpaired) electrons. The molecule has 21 heavy (non-hydrogen) atoms. The van der Waals surface area contributed by atoms with E-state index in [4.69, 9.17) is 4.74 Å². The minimum absolute atomic E-state index is 0.315. The first kappa shape index (κ1) is 18.0. The summed E-state index contributed by atoms with van der Waals surface area (Å²) >= 11 is 0. The van der Waals surface area contributed by atoms with E-state index in [0.717, 1.165) is 25.3 Å². The molecule has 0 bridgehead atoms. The lowest BCUT2D eigenvalue weighted by Crippen LogP contribution is -2.29. The van der Waals surface area contributed by atoms with Gasteiger partial charge in [0.1, 0.15) is 5.75 Å². The number of benzene rings is 1. The quantitative estimate of drug-likeness (QED) is 0.620. The van der Waals surface area contributed by atoms with Crippen molar-refractivity contribution in [3.63, 3.8) is 0 Å². The van der Waals surface area contributed by atoms with Crippen molar-refractivity contribution in [2.75, 3.05) is 13.2 Å². The second-order valence-electron chi connectivity index (χ2n) is 7.14. The standard InChI is InChI=1S/C19H33NO/c1-6-7-8-9-14-21-18-12-10-17(11-13-18)16(2)20-15-19(3,4)5/h10-13,16,20H,6-9,14-15H2,1-5H3. The summed E-state index contributed by atoms with van der Waals surface area (Å²) in [5.41, 5.74) is 1.63. The number of ether oxygens (including phenoxy) is 1. The van der Waals surface area contributed by atoms with Gasteiger partial charge >= 0.3 is 0 Å². The SMILES string of the molecule is CCCCCCOc1ccc(C(C)NCC(C)(C)C)cc1. The molecular weight excluding hydrogens is 258 g/mol. The van der Waals surface area contributed by atoms with E-state index in [0.29, 0.717) is 11.5 Å². The molecule has 1 N–H and O–H groups in total. The molecule has 0 heterocycles. The Kier molecular flexibility index (Phi) is 7.81. The first-order valence-corrected chi connectivity index (χ1v) is 8.38. The second kappa shape index (κ2) is 9.09. The fraction of sp³-hybridized carbons (Fsp3) is 0.684. The van der Waals surface area contributed by atoms with Gasteiger partial charge in [-0.05, 0) is 36.5 Å². The second-order valence-corrected chi connectivity index (χ2v) is 7.14. The summed E-state index contributed by atoms with van der Waals surface area (Å²) in [5, 5.41) is 3.58. The molecule has 0 spiro atoms. The highest BCUT2D eigenvalue weighted by atomic mass is 16.5. The topological polar surface area (TPSA) is 21.3 Å². The van der Waals surface area contributed by atoms with Gasteiger partial charge in [0.25, 0.3) is 0 Å². The summed E-state index contributed by atoms with van der Waals surface area (Å²) in [6, 6.07) is 8.89. The van der Waals surface area contributed by atoms with Crippen LogP contribution in [0, 0.1) is 5.41 Å². The van der Waals surface area contributed by atoms with Crippen LogP contribution < -0.4 is 10.1 Å². The van der Waals surface area contributed by atoms with Crippen LogP contribution in [0.1, 0.15) is 71.9 Å². The van der Waals surface area contributed by atoms with Crippen LogP contribution in [0.3, 0.4) is 0 Å². The van der Waals surface area contributed by atoms with Gasteiger partial charge in [0.05, 0.1) is 6.61 Å². The van der Waals surface area contributed by atoms with E-state index in [1.54, 1.807) is 0 Å². The van der Waals surface area contributed by atoms with E-state index in [1.807, 2.05) is 0 Å². The molecule has 2 heteroatoms. The molecule has 1 aromatic carbocycles. The first-order valence-electron chi connectivity index (χ1n) is 8.38. The zero-order chi connectivity index (χ0) is 15.7. The highest BCUT2D eigenvalue weighted by molar-refractivity contribution is 5.28. The van der Waals surface area contributed by atoms with E-state index < -0.39 is 0 Å². The molecule has 1 rings (SSSR count). The van der Waals surface area contributed by atoms with Gasteiger partial charge in [-0.1, -0.05) is 59.1 Å². The van der Waals surface area contributed by atoms with Crippen molar-refractivity contribution in [1.82, 2.24) is 5.32 Å². The van der Waals surface area contributed by atoms with Gasteiger partial charge in [-0.15, -0.1) is 0 Å². The van der Waals surface area contributed by atoms with E-state index >= 15 is 0 Å². The average molecular weight is 291 g/mol. The van der Waals surface area contributed by atoms with Gasteiger partial charge in [0.15, 0.2) is 0 Å². The van der Waals surface area contributed by atoms with Crippen molar-refractivity contribution >= 4 is 0 Å². The molecule has 0 saturated heterocycles. The molecule has 0 saturated carbocycles. The van der Waals surface area contributed by atoms with Crippen molar-refractivity contribution in [1.29, 1.82) is 0 Å². The maximum Gasteiger partial charge on any atom is 0.119 e. The monoisotopic (exact) mass is 291 g/mol. The van der Waals surface area contributed by atoms with E-state index in [2.05, 4.69) is 64.2 Å². The molecule has 0 aliphatic rings. The van der Waals surface area contributed by atoms with E-state index in [-0.39, 0.29) is 0 Å². The van der Waals surface area contributed by atoms with E-state index in [1.165, 1.54) is 24.8 Å². The Bertz CT molecular complexity index is 378. The average Bonchev–Trinajstić information content (AvgIpc) is 2.44. The lowest BCUT2D eigenvalue weighted by molar-refractivity contribution is 0.305. The lowest BCUT2D eigenvalue weighted by Gasteiger charge is -2.23. The van der Waals surface area contributed by atoms with Crippen LogP contribution in [0.4, 0.5) is 0 Å². The van der Waals surface area contributed by atoms with Crippen molar-refractivity contribution in [3.05, 3.63) is 29.8 Å². The maximum atomic E-state index is 5.78. The van der Waals surface area contributed by atoms with Crippen LogP contribution in [0.5, 0.6) is 5.75 Å². The van der Waals surface area contributed by atoms with Gasteiger partial charge in [-0.3, -0.25) is 0 Å². The summed E-state index contributed by atoms with van der Waals surface area (Å²) < 4.78 is 5.78. The third-order valence-electron chi connectivity index (χ3n) is 3.59. The Hall–Kier alpha value is -1.02. The Labute approximate surface area is 131 Å². The highest BCUT2D eigenvalue weighted by Crippen LogP contribution is 2.19. The van der Waals surface area contributed by atoms with Gasteiger partial charge in [-0.25, -0.2) is 0 Å². The van der Waals surface area contributed by atoms with Gasteiger partial charge in [-0.2, -0.15) is 0 Å². The number of nitrogens with one attached hydrogen (secondary N) is 1. The third kappa shape index (κ3) is 8.11. The highest BCUT2D eigenvalue weighted by Gasteiger charge is 2.12.